The molecule has 1 amide bonds. The van der Waals surface area contributed by atoms with Gasteiger partial charge in [0.15, 0.2) is 0 Å². The quantitative estimate of drug-likeness (QED) is 0.853. The van der Waals surface area contributed by atoms with Crippen LogP contribution in [-0.2, 0) is 14.8 Å². The van der Waals surface area contributed by atoms with E-state index in [-0.39, 0.29) is 11.0 Å². The van der Waals surface area contributed by atoms with E-state index in [0.717, 1.165) is 0 Å². The maximum atomic E-state index is 11.3. The molecule has 0 atom stereocenters. The Balaban J connectivity index is 2.83. The molecular weight excluding hydrogens is 244 g/mol. The first-order chi connectivity index (χ1) is 7.79. The zero-order valence-corrected chi connectivity index (χ0v) is 10.3. The van der Waals surface area contributed by atoms with Crippen LogP contribution in [0.15, 0.2) is 29.2 Å². The van der Waals surface area contributed by atoms with Gasteiger partial charge in [-0.15, -0.1) is 0 Å². The molecule has 0 saturated carbocycles. The maximum absolute atomic E-state index is 11.3. The lowest BCUT2D eigenvalue weighted by atomic mass is 10.3. The second-order valence-electron chi connectivity index (χ2n) is 3.65. The van der Waals surface area contributed by atoms with Gasteiger partial charge >= 0.3 is 6.09 Å². The van der Waals surface area contributed by atoms with E-state index in [1.165, 1.54) is 24.3 Å². The number of anilines is 1. The first-order valence-electron chi connectivity index (χ1n) is 4.89. The number of carbonyl (C=O) groups excluding carboxylic acids is 1. The van der Waals surface area contributed by atoms with Crippen molar-refractivity contribution in [2.75, 3.05) is 5.32 Å². The van der Waals surface area contributed by atoms with Crippen molar-refractivity contribution in [3.05, 3.63) is 24.3 Å². The standard InChI is InChI=1S/C10H14N2O4S/c1-7(2)16-10(13)12-8-4-3-5-9(6-8)17(11,14)15/h3-7H,1-2H3,(H,12,13)(H2,11,14,15). The fourth-order valence-electron chi connectivity index (χ4n) is 1.11. The molecule has 0 spiro atoms. The highest BCUT2D eigenvalue weighted by atomic mass is 32.2. The van der Waals surface area contributed by atoms with Gasteiger partial charge in [0, 0.05) is 5.69 Å². The van der Waals surface area contributed by atoms with E-state index >= 15 is 0 Å². The summed E-state index contributed by atoms with van der Waals surface area (Å²) in [6.45, 7) is 3.42. The average Bonchev–Trinajstić information content (AvgIpc) is 2.15. The van der Waals surface area contributed by atoms with Gasteiger partial charge in [0.1, 0.15) is 0 Å². The summed E-state index contributed by atoms with van der Waals surface area (Å²) >= 11 is 0. The number of nitrogens with two attached hydrogens (primary N) is 1. The summed E-state index contributed by atoms with van der Waals surface area (Å²) in [4.78, 5) is 11.2. The molecule has 94 valence electrons. The van der Waals surface area contributed by atoms with E-state index in [0.29, 0.717) is 5.69 Å². The highest BCUT2D eigenvalue weighted by Crippen LogP contribution is 2.14. The molecule has 0 saturated heterocycles. The molecule has 6 nitrogen and oxygen atoms in total. The maximum Gasteiger partial charge on any atom is 0.411 e. The predicted octanol–water partition coefficient (Wildman–Crippen LogP) is 1.29. The van der Waals surface area contributed by atoms with E-state index < -0.39 is 16.1 Å². The number of rotatable bonds is 3. The highest BCUT2D eigenvalue weighted by Gasteiger charge is 2.10. The molecule has 3 N–H and O–H groups in total. The third-order valence-electron chi connectivity index (χ3n) is 1.75. The summed E-state index contributed by atoms with van der Waals surface area (Å²) in [5.74, 6) is 0. The Kier molecular flexibility index (Phi) is 4.08. The largest absolute Gasteiger partial charge is 0.447 e. The Morgan fingerprint density at radius 3 is 2.59 bits per heavy atom. The van der Waals surface area contributed by atoms with Gasteiger partial charge in [0.25, 0.3) is 0 Å². The molecule has 0 bridgehead atoms. The average molecular weight is 258 g/mol. The minimum Gasteiger partial charge on any atom is -0.447 e. The van der Waals surface area contributed by atoms with E-state index in [1.54, 1.807) is 13.8 Å². The zero-order chi connectivity index (χ0) is 13.1. The van der Waals surface area contributed by atoms with Gasteiger partial charge in [-0.2, -0.15) is 0 Å². The van der Waals surface area contributed by atoms with Crippen molar-refractivity contribution in [2.24, 2.45) is 5.14 Å². The molecule has 0 radical (unpaired) electrons. The van der Waals surface area contributed by atoms with Crippen LogP contribution in [0.3, 0.4) is 0 Å². The first-order valence-corrected chi connectivity index (χ1v) is 6.44. The predicted molar refractivity (Wildman–Crippen MR) is 63.1 cm³/mol. The van der Waals surface area contributed by atoms with Crippen molar-refractivity contribution in [2.45, 2.75) is 24.8 Å². The van der Waals surface area contributed by atoms with Crippen LogP contribution >= 0.6 is 0 Å². The lowest BCUT2D eigenvalue weighted by Gasteiger charge is -2.09. The topological polar surface area (TPSA) is 98.5 Å². The van der Waals surface area contributed by atoms with Gasteiger partial charge in [-0.3, -0.25) is 5.32 Å². The molecule has 0 aliphatic heterocycles. The molecule has 0 aliphatic carbocycles. The minimum absolute atomic E-state index is 0.0696. The van der Waals surface area contributed by atoms with Gasteiger partial charge in [-0.05, 0) is 32.0 Å². The number of nitrogens with one attached hydrogen (secondary N) is 1. The normalized spacial score (nSPS) is 11.3. The van der Waals surface area contributed by atoms with Crippen LogP contribution in [0, 0.1) is 0 Å². The fourth-order valence-corrected chi connectivity index (χ4v) is 1.67. The van der Waals surface area contributed by atoms with Crippen LogP contribution in [0.1, 0.15) is 13.8 Å². The van der Waals surface area contributed by atoms with Gasteiger partial charge in [0.2, 0.25) is 10.0 Å². The lowest BCUT2D eigenvalue weighted by molar-refractivity contribution is 0.130. The number of sulfonamides is 1. The SMILES string of the molecule is CC(C)OC(=O)Nc1cccc(S(N)(=O)=O)c1. The summed E-state index contributed by atoms with van der Waals surface area (Å²) in [6.07, 6.45) is -0.900. The van der Waals surface area contributed by atoms with Gasteiger partial charge in [-0.25, -0.2) is 18.4 Å². The number of benzene rings is 1. The number of ether oxygens (including phenoxy) is 1. The minimum atomic E-state index is -3.78. The smallest absolute Gasteiger partial charge is 0.411 e. The van der Waals surface area contributed by atoms with Crippen LogP contribution in [-0.4, -0.2) is 20.6 Å². The summed E-state index contributed by atoms with van der Waals surface area (Å²) < 4.78 is 27.0. The Bertz CT molecular complexity index is 511. The Morgan fingerprint density at radius 2 is 2.06 bits per heavy atom. The molecule has 1 aromatic carbocycles. The molecule has 0 fully saturated rings. The van der Waals surface area contributed by atoms with Crippen LogP contribution in [0.4, 0.5) is 10.5 Å². The first kappa shape index (κ1) is 13.5. The van der Waals surface area contributed by atoms with Crippen LogP contribution < -0.4 is 10.5 Å². The molecule has 0 aliphatic rings. The molecule has 0 aromatic heterocycles. The van der Waals surface area contributed by atoms with E-state index in [4.69, 9.17) is 9.88 Å². The molecule has 1 aromatic rings. The lowest BCUT2D eigenvalue weighted by Crippen LogP contribution is -2.18. The molecule has 17 heavy (non-hydrogen) atoms. The van der Waals surface area contributed by atoms with Crippen molar-refractivity contribution in [3.63, 3.8) is 0 Å². The van der Waals surface area contributed by atoms with Crippen molar-refractivity contribution in [1.82, 2.24) is 0 Å². The fraction of sp³-hybridized carbons (Fsp3) is 0.300. The molecule has 7 heteroatoms. The Labute approximate surface area is 99.8 Å². The van der Waals surface area contributed by atoms with Gasteiger partial charge in [0.05, 0.1) is 11.0 Å². The molecule has 0 heterocycles. The second kappa shape index (κ2) is 5.15. The highest BCUT2D eigenvalue weighted by molar-refractivity contribution is 7.89. The van der Waals surface area contributed by atoms with E-state index in [2.05, 4.69) is 5.32 Å². The van der Waals surface area contributed by atoms with Crippen LogP contribution in [0.5, 0.6) is 0 Å². The third-order valence-corrected chi connectivity index (χ3v) is 2.66. The molecular formula is C10H14N2O4S. The zero-order valence-electron chi connectivity index (χ0n) is 9.51. The number of amides is 1. The monoisotopic (exact) mass is 258 g/mol. The number of carbonyl (C=O) groups is 1. The summed E-state index contributed by atoms with van der Waals surface area (Å²) in [5, 5.41) is 7.37. The van der Waals surface area contributed by atoms with Crippen molar-refractivity contribution in [1.29, 1.82) is 0 Å². The van der Waals surface area contributed by atoms with Crippen molar-refractivity contribution >= 4 is 21.8 Å². The second-order valence-corrected chi connectivity index (χ2v) is 5.21. The Hall–Kier alpha value is -1.60. The van der Waals surface area contributed by atoms with E-state index in [1.807, 2.05) is 0 Å². The van der Waals surface area contributed by atoms with Crippen molar-refractivity contribution in [3.8, 4) is 0 Å². The third kappa shape index (κ3) is 4.41. The Morgan fingerprint density at radius 1 is 1.41 bits per heavy atom. The van der Waals surface area contributed by atoms with Gasteiger partial charge < -0.3 is 4.74 Å². The van der Waals surface area contributed by atoms with Crippen molar-refractivity contribution < 1.29 is 17.9 Å². The number of hydrogen-bond donors (Lipinski definition) is 2. The molecule has 1 rings (SSSR count). The molecule has 0 unspecified atom stereocenters. The van der Waals surface area contributed by atoms with E-state index in [9.17, 15) is 13.2 Å². The summed E-state index contributed by atoms with van der Waals surface area (Å²) in [7, 11) is -3.78. The summed E-state index contributed by atoms with van der Waals surface area (Å²) in [6, 6.07) is 5.62. The summed E-state index contributed by atoms with van der Waals surface area (Å²) in [5.41, 5.74) is 0.308. The number of hydrogen-bond acceptors (Lipinski definition) is 4. The van der Waals surface area contributed by atoms with Crippen LogP contribution in [0.25, 0.3) is 0 Å². The van der Waals surface area contributed by atoms with Crippen LogP contribution in [0.2, 0.25) is 0 Å². The van der Waals surface area contributed by atoms with Gasteiger partial charge in [-0.1, -0.05) is 6.07 Å². The number of primary sulfonamides is 1.